The summed E-state index contributed by atoms with van der Waals surface area (Å²) in [5.41, 5.74) is 2.43. The van der Waals surface area contributed by atoms with Gasteiger partial charge >= 0.3 is 0 Å². The Hall–Kier alpha value is -3.74. The summed E-state index contributed by atoms with van der Waals surface area (Å²) in [7, 11) is 3.03. The van der Waals surface area contributed by atoms with Gasteiger partial charge in [-0.25, -0.2) is 0 Å². The maximum Gasteiger partial charge on any atom is 0.235 e. The monoisotopic (exact) mass is 439 g/mol. The van der Waals surface area contributed by atoms with Gasteiger partial charge in [0.05, 0.1) is 29.2 Å². The quantitative estimate of drug-likeness (QED) is 0.636. The Morgan fingerprint density at radius 2 is 1.24 bits per heavy atom. The number of amides is 4. The van der Waals surface area contributed by atoms with Crippen molar-refractivity contribution in [3.63, 3.8) is 0 Å². The van der Waals surface area contributed by atoms with E-state index in [0.29, 0.717) is 0 Å². The molecule has 2 saturated heterocycles. The van der Waals surface area contributed by atoms with Gasteiger partial charge in [0.2, 0.25) is 23.6 Å². The molecule has 4 atom stereocenters. The summed E-state index contributed by atoms with van der Waals surface area (Å²) in [4.78, 5) is 58.6. The van der Waals surface area contributed by atoms with E-state index in [2.05, 4.69) is 4.90 Å². The third kappa shape index (κ3) is 1.83. The zero-order valence-corrected chi connectivity index (χ0v) is 18.1. The Balaban J connectivity index is 1.62. The molecule has 3 aliphatic carbocycles. The minimum absolute atomic E-state index is 0.262. The second kappa shape index (κ2) is 5.78. The van der Waals surface area contributed by atoms with Gasteiger partial charge in [0.25, 0.3) is 0 Å². The summed E-state index contributed by atoms with van der Waals surface area (Å²) in [6, 6.07) is 17.5. The van der Waals surface area contributed by atoms with Crippen LogP contribution in [0.5, 0.6) is 0 Å². The fourth-order valence-electron chi connectivity index (χ4n) is 7.39. The summed E-state index contributed by atoms with van der Waals surface area (Å²) in [5, 5.41) is 0. The number of allylic oxidation sites excluding steroid dienone is 1. The number of carbonyl (C=O) groups excluding carboxylic acids is 4. The minimum Gasteiger partial charge on any atom is -0.329 e. The highest BCUT2D eigenvalue weighted by atomic mass is 16.2. The Bertz CT molecular complexity index is 1290. The molecule has 1 spiro atoms. The van der Waals surface area contributed by atoms with Crippen LogP contribution in [0.25, 0.3) is 5.57 Å². The van der Waals surface area contributed by atoms with Gasteiger partial charge in [-0.3, -0.25) is 29.0 Å². The lowest BCUT2D eigenvalue weighted by Gasteiger charge is -2.57. The molecule has 1 saturated carbocycles. The minimum atomic E-state index is -1.13. The largest absolute Gasteiger partial charge is 0.329 e. The standard InChI is InChI=1S/C26H21N3O4/c1-27-22(30)18-15-12-16-14-10-6-7-11-17(14)29(13-8-4-3-5-9-13)26(16,20(18)24(27)32)21-19(15)23(31)28(2)25(21)33/h3-12,15,18-21H,1-2H3. The van der Waals surface area contributed by atoms with Crippen molar-refractivity contribution < 1.29 is 19.2 Å². The number of para-hydroxylation sites is 2. The lowest BCUT2D eigenvalue weighted by atomic mass is 9.47. The molecule has 164 valence electrons. The van der Waals surface area contributed by atoms with Gasteiger partial charge in [0, 0.05) is 37.0 Å². The Kier molecular flexibility index (Phi) is 3.29. The number of hydrogen-bond donors (Lipinski definition) is 0. The van der Waals surface area contributed by atoms with E-state index >= 15 is 0 Å². The normalized spacial score (nSPS) is 35.6. The summed E-state index contributed by atoms with van der Waals surface area (Å²) in [5.74, 6) is -4.35. The Labute approximate surface area is 190 Å². The van der Waals surface area contributed by atoms with Gasteiger partial charge in [-0.05, 0) is 23.8 Å². The lowest BCUT2D eigenvalue weighted by Crippen LogP contribution is -2.68. The zero-order valence-electron chi connectivity index (χ0n) is 18.1. The molecular formula is C26H21N3O4. The third-order valence-corrected chi connectivity index (χ3v) is 8.53. The molecule has 33 heavy (non-hydrogen) atoms. The topological polar surface area (TPSA) is 78.0 Å². The molecule has 0 N–H and O–H groups in total. The lowest BCUT2D eigenvalue weighted by molar-refractivity contribution is -0.138. The first-order chi connectivity index (χ1) is 15.9. The number of nitrogens with zero attached hydrogens (tertiary/aromatic N) is 3. The first-order valence-electron chi connectivity index (χ1n) is 11.2. The molecule has 3 fully saturated rings. The average molecular weight is 439 g/mol. The second-order valence-corrected chi connectivity index (χ2v) is 9.65. The number of anilines is 2. The number of likely N-dealkylation sites (tertiary alicyclic amines) is 2. The van der Waals surface area contributed by atoms with E-state index in [4.69, 9.17) is 0 Å². The summed E-state index contributed by atoms with van der Waals surface area (Å²) in [6.07, 6.45) is 2.03. The molecular weight excluding hydrogens is 418 g/mol. The van der Waals surface area contributed by atoms with E-state index in [-0.39, 0.29) is 23.6 Å². The van der Waals surface area contributed by atoms with E-state index < -0.39 is 35.1 Å². The van der Waals surface area contributed by atoms with Gasteiger partial charge in [0.1, 0.15) is 0 Å². The molecule has 8 rings (SSSR count). The van der Waals surface area contributed by atoms with Crippen molar-refractivity contribution in [2.24, 2.45) is 29.6 Å². The molecule has 0 radical (unpaired) electrons. The predicted molar refractivity (Wildman–Crippen MR) is 119 cm³/mol. The van der Waals surface area contributed by atoms with Crippen molar-refractivity contribution in [1.82, 2.24) is 9.80 Å². The van der Waals surface area contributed by atoms with Crippen LogP contribution in [0.15, 0.2) is 60.7 Å². The van der Waals surface area contributed by atoms with Gasteiger partial charge in [-0.1, -0.05) is 42.5 Å². The number of imide groups is 2. The van der Waals surface area contributed by atoms with E-state index in [1.807, 2.05) is 60.7 Å². The highest BCUT2D eigenvalue weighted by Gasteiger charge is 2.79. The fourth-order valence-corrected chi connectivity index (χ4v) is 7.39. The first-order valence-corrected chi connectivity index (χ1v) is 11.2. The van der Waals surface area contributed by atoms with Crippen LogP contribution in [0, 0.1) is 29.6 Å². The zero-order chi connectivity index (χ0) is 22.8. The van der Waals surface area contributed by atoms with Crippen molar-refractivity contribution in [3.8, 4) is 0 Å². The van der Waals surface area contributed by atoms with Gasteiger partial charge < -0.3 is 4.90 Å². The molecule has 2 aromatic carbocycles. The van der Waals surface area contributed by atoms with Crippen molar-refractivity contribution in [2.75, 3.05) is 19.0 Å². The van der Waals surface area contributed by atoms with Gasteiger partial charge in [-0.2, -0.15) is 0 Å². The molecule has 3 aliphatic heterocycles. The van der Waals surface area contributed by atoms with E-state index in [9.17, 15) is 19.2 Å². The number of benzene rings is 2. The molecule has 0 aromatic heterocycles. The third-order valence-electron chi connectivity index (χ3n) is 8.53. The van der Waals surface area contributed by atoms with Crippen molar-refractivity contribution in [1.29, 1.82) is 0 Å². The fraction of sp³-hybridized carbons (Fsp3) is 0.308. The molecule has 6 aliphatic rings. The van der Waals surface area contributed by atoms with Crippen LogP contribution in [0.2, 0.25) is 0 Å². The van der Waals surface area contributed by atoms with E-state index in [1.165, 1.54) is 23.9 Å². The number of fused-ring (bicyclic) bond motifs is 1. The molecule has 7 heteroatoms. The van der Waals surface area contributed by atoms with Crippen LogP contribution in [0.4, 0.5) is 11.4 Å². The van der Waals surface area contributed by atoms with Gasteiger partial charge in [0.15, 0.2) is 0 Å². The molecule has 4 amide bonds. The van der Waals surface area contributed by atoms with Crippen LogP contribution >= 0.6 is 0 Å². The SMILES string of the molecule is CN1C(=O)C2C3C=C4c5ccccc5N(c5ccccc5)C4(C2C1=O)C1C(=O)N(C)C(=O)C31. The highest BCUT2D eigenvalue weighted by Crippen LogP contribution is 2.70. The van der Waals surface area contributed by atoms with Crippen molar-refractivity contribution in [3.05, 3.63) is 66.2 Å². The molecule has 2 aromatic rings. The molecule has 2 bridgehead atoms. The maximum atomic E-state index is 13.7. The van der Waals surface area contributed by atoms with E-state index in [0.717, 1.165) is 22.5 Å². The Morgan fingerprint density at radius 1 is 0.697 bits per heavy atom. The van der Waals surface area contributed by atoms with Gasteiger partial charge in [-0.15, -0.1) is 0 Å². The molecule has 3 heterocycles. The maximum absolute atomic E-state index is 13.7. The predicted octanol–water partition coefficient (Wildman–Crippen LogP) is 2.07. The second-order valence-electron chi connectivity index (χ2n) is 9.65. The highest BCUT2D eigenvalue weighted by molar-refractivity contribution is 6.17. The summed E-state index contributed by atoms with van der Waals surface area (Å²) in [6.45, 7) is 0. The van der Waals surface area contributed by atoms with E-state index in [1.54, 1.807) is 0 Å². The number of carbonyl (C=O) groups is 4. The Morgan fingerprint density at radius 3 is 1.85 bits per heavy atom. The average Bonchev–Trinajstić information content (AvgIpc) is 3.37. The van der Waals surface area contributed by atoms with Crippen LogP contribution in [0.3, 0.4) is 0 Å². The van der Waals surface area contributed by atoms with Crippen molar-refractivity contribution in [2.45, 2.75) is 5.54 Å². The number of hydrogen-bond acceptors (Lipinski definition) is 5. The number of rotatable bonds is 1. The molecule has 7 nitrogen and oxygen atoms in total. The van der Waals surface area contributed by atoms with Crippen LogP contribution in [-0.2, 0) is 19.2 Å². The van der Waals surface area contributed by atoms with Crippen molar-refractivity contribution >= 4 is 40.6 Å². The summed E-state index contributed by atoms with van der Waals surface area (Å²) < 4.78 is 0. The van der Waals surface area contributed by atoms with Crippen LogP contribution in [-0.4, -0.2) is 53.1 Å². The smallest absolute Gasteiger partial charge is 0.235 e. The first kappa shape index (κ1) is 18.8. The van der Waals surface area contributed by atoms with Crippen LogP contribution in [0.1, 0.15) is 5.56 Å². The summed E-state index contributed by atoms with van der Waals surface area (Å²) >= 11 is 0. The van der Waals surface area contributed by atoms with Crippen LogP contribution < -0.4 is 4.90 Å². The molecule has 4 unspecified atom stereocenters.